The van der Waals surface area contributed by atoms with E-state index in [0.717, 1.165) is 25.7 Å². The average molecular weight is 389 g/mol. The van der Waals surface area contributed by atoms with Crippen molar-refractivity contribution in [1.82, 2.24) is 0 Å². The SMILES string of the molecule is CCCCCCCC(C)(C)/C=C\C/C=C\C/C=C\C/C=C\CCC(C)C(=O)O. The molecule has 0 bridgehead atoms. The molecule has 0 fully saturated rings. The molecule has 0 aliphatic carbocycles. The summed E-state index contributed by atoms with van der Waals surface area (Å²) in [6.45, 7) is 8.70. The fourth-order valence-electron chi connectivity index (χ4n) is 2.96. The van der Waals surface area contributed by atoms with Gasteiger partial charge in [-0.05, 0) is 43.9 Å². The van der Waals surface area contributed by atoms with Crippen LogP contribution < -0.4 is 0 Å². The molecule has 0 aliphatic heterocycles. The number of aliphatic carboxylic acids is 1. The van der Waals surface area contributed by atoms with Crippen molar-refractivity contribution in [2.45, 2.75) is 98.3 Å². The van der Waals surface area contributed by atoms with Gasteiger partial charge < -0.3 is 5.11 Å². The largest absolute Gasteiger partial charge is 0.481 e. The van der Waals surface area contributed by atoms with Crippen LogP contribution in [0.15, 0.2) is 48.6 Å². The molecule has 0 radical (unpaired) electrons. The molecule has 0 aliphatic rings. The standard InChI is InChI=1S/C26H44O2/c1-5-6-7-16-19-22-26(3,4)23-20-17-14-12-10-8-9-11-13-15-18-21-24(2)25(27)28/h8-9,12-15,20,23-24H,5-7,10-11,16-19,21-22H2,1-4H3,(H,27,28)/b9-8-,14-12-,15-13-,23-20-. The summed E-state index contributed by atoms with van der Waals surface area (Å²) >= 11 is 0. The Morgan fingerprint density at radius 1 is 0.857 bits per heavy atom. The van der Waals surface area contributed by atoms with E-state index in [0.29, 0.717) is 11.8 Å². The van der Waals surface area contributed by atoms with E-state index >= 15 is 0 Å². The molecule has 1 atom stereocenters. The highest BCUT2D eigenvalue weighted by Crippen LogP contribution is 2.25. The maximum atomic E-state index is 10.7. The summed E-state index contributed by atoms with van der Waals surface area (Å²) in [6, 6.07) is 0. The van der Waals surface area contributed by atoms with Gasteiger partial charge in [0, 0.05) is 0 Å². The van der Waals surface area contributed by atoms with Crippen LogP contribution in [0.25, 0.3) is 0 Å². The van der Waals surface area contributed by atoms with Crippen molar-refractivity contribution in [2.75, 3.05) is 0 Å². The number of hydrogen-bond acceptors (Lipinski definition) is 1. The summed E-state index contributed by atoms with van der Waals surface area (Å²) in [5.41, 5.74) is 0.314. The molecular formula is C26H44O2. The smallest absolute Gasteiger partial charge is 0.306 e. The van der Waals surface area contributed by atoms with Crippen LogP contribution in [0.1, 0.15) is 98.3 Å². The summed E-state index contributed by atoms with van der Waals surface area (Å²) in [6.07, 6.45) is 30.2. The molecular weight excluding hydrogens is 344 g/mol. The lowest BCUT2D eigenvalue weighted by molar-refractivity contribution is -0.141. The first-order valence-corrected chi connectivity index (χ1v) is 11.2. The molecule has 0 aromatic carbocycles. The molecule has 1 unspecified atom stereocenters. The molecule has 2 heteroatoms. The van der Waals surface area contributed by atoms with Crippen LogP contribution in [0.2, 0.25) is 0 Å². The normalized spacial score (nSPS) is 14.1. The number of carbonyl (C=O) groups is 1. The van der Waals surface area contributed by atoms with Crippen molar-refractivity contribution in [3.8, 4) is 0 Å². The molecule has 0 saturated carbocycles. The Morgan fingerprint density at radius 3 is 1.96 bits per heavy atom. The summed E-state index contributed by atoms with van der Waals surface area (Å²) < 4.78 is 0. The van der Waals surface area contributed by atoms with Crippen LogP contribution in [0.3, 0.4) is 0 Å². The summed E-state index contributed by atoms with van der Waals surface area (Å²) in [5, 5.41) is 8.81. The molecule has 160 valence electrons. The lowest BCUT2D eigenvalue weighted by Gasteiger charge is -2.19. The Balaban J connectivity index is 3.75. The van der Waals surface area contributed by atoms with E-state index in [-0.39, 0.29) is 5.92 Å². The second-order valence-electron chi connectivity index (χ2n) is 8.49. The molecule has 1 N–H and O–H groups in total. The Bertz CT molecular complexity index is 495. The first-order valence-electron chi connectivity index (χ1n) is 11.2. The van der Waals surface area contributed by atoms with Crippen molar-refractivity contribution < 1.29 is 9.90 Å². The van der Waals surface area contributed by atoms with Gasteiger partial charge in [0.05, 0.1) is 5.92 Å². The maximum absolute atomic E-state index is 10.7. The van der Waals surface area contributed by atoms with E-state index in [1.807, 2.05) is 0 Å². The minimum Gasteiger partial charge on any atom is -0.481 e. The number of rotatable bonds is 17. The Morgan fingerprint density at radius 2 is 1.39 bits per heavy atom. The molecule has 0 aromatic rings. The van der Waals surface area contributed by atoms with Crippen molar-refractivity contribution in [2.24, 2.45) is 11.3 Å². The number of allylic oxidation sites excluding steroid dienone is 8. The van der Waals surface area contributed by atoms with Crippen LogP contribution in [0.5, 0.6) is 0 Å². The topological polar surface area (TPSA) is 37.3 Å². The fourth-order valence-corrected chi connectivity index (χ4v) is 2.96. The second kappa shape index (κ2) is 17.5. The zero-order chi connectivity index (χ0) is 21.1. The molecule has 0 heterocycles. The van der Waals surface area contributed by atoms with E-state index in [2.05, 4.69) is 69.4 Å². The summed E-state index contributed by atoms with van der Waals surface area (Å²) in [4.78, 5) is 10.7. The first kappa shape index (κ1) is 26.4. The quantitative estimate of drug-likeness (QED) is 0.201. The Kier molecular flexibility index (Phi) is 16.5. The van der Waals surface area contributed by atoms with Crippen molar-refractivity contribution in [3.05, 3.63) is 48.6 Å². The molecule has 0 amide bonds. The van der Waals surface area contributed by atoms with Gasteiger partial charge in [-0.25, -0.2) is 0 Å². The van der Waals surface area contributed by atoms with Crippen LogP contribution in [-0.4, -0.2) is 11.1 Å². The number of hydrogen-bond donors (Lipinski definition) is 1. The Labute approximate surface area is 174 Å². The molecule has 0 aromatic heterocycles. The first-order chi connectivity index (χ1) is 13.4. The highest BCUT2D eigenvalue weighted by atomic mass is 16.4. The highest BCUT2D eigenvalue weighted by Gasteiger charge is 2.12. The van der Waals surface area contributed by atoms with E-state index in [9.17, 15) is 4.79 Å². The predicted octanol–water partition coefficient (Wildman–Crippen LogP) is 8.27. The molecule has 28 heavy (non-hydrogen) atoms. The van der Waals surface area contributed by atoms with E-state index in [1.165, 1.54) is 38.5 Å². The third-order valence-electron chi connectivity index (χ3n) is 5.00. The fraction of sp³-hybridized carbons (Fsp3) is 0.654. The van der Waals surface area contributed by atoms with Gasteiger partial charge in [-0.1, -0.05) is 108 Å². The van der Waals surface area contributed by atoms with Gasteiger partial charge in [-0.15, -0.1) is 0 Å². The monoisotopic (exact) mass is 388 g/mol. The third kappa shape index (κ3) is 17.8. The highest BCUT2D eigenvalue weighted by molar-refractivity contribution is 5.69. The number of unbranched alkanes of at least 4 members (excludes halogenated alkanes) is 4. The van der Waals surface area contributed by atoms with Crippen LogP contribution in [-0.2, 0) is 4.79 Å². The second-order valence-corrected chi connectivity index (χ2v) is 8.49. The Hall–Kier alpha value is -1.57. The van der Waals surface area contributed by atoms with E-state index in [1.54, 1.807) is 6.92 Å². The van der Waals surface area contributed by atoms with Gasteiger partial charge in [0.15, 0.2) is 0 Å². The minimum absolute atomic E-state index is 0.254. The average Bonchev–Trinajstić information content (AvgIpc) is 2.64. The van der Waals surface area contributed by atoms with Gasteiger partial charge in [0.2, 0.25) is 0 Å². The minimum atomic E-state index is -0.707. The molecule has 0 saturated heterocycles. The van der Waals surface area contributed by atoms with E-state index < -0.39 is 5.97 Å². The predicted molar refractivity (Wildman–Crippen MR) is 124 cm³/mol. The summed E-state index contributed by atoms with van der Waals surface area (Å²) in [7, 11) is 0. The van der Waals surface area contributed by atoms with Crippen LogP contribution in [0.4, 0.5) is 0 Å². The number of carboxylic acid groups (broad SMARTS) is 1. The van der Waals surface area contributed by atoms with Gasteiger partial charge in [-0.3, -0.25) is 4.79 Å². The zero-order valence-electron chi connectivity index (χ0n) is 18.8. The number of carboxylic acids is 1. The van der Waals surface area contributed by atoms with Gasteiger partial charge in [0.1, 0.15) is 0 Å². The van der Waals surface area contributed by atoms with Gasteiger partial charge in [-0.2, -0.15) is 0 Å². The summed E-state index contributed by atoms with van der Waals surface area (Å²) in [5.74, 6) is -0.961. The van der Waals surface area contributed by atoms with Crippen LogP contribution in [0, 0.1) is 11.3 Å². The third-order valence-corrected chi connectivity index (χ3v) is 5.00. The molecule has 0 spiro atoms. The van der Waals surface area contributed by atoms with Crippen LogP contribution >= 0.6 is 0 Å². The molecule has 2 nitrogen and oxygen atoms in total. The van der Waals surface area contributed by atoms with Crippen molar-refractivity contribution >= 4 is 5.97 Å². The lowest BCUT2D eigenvalue weighted by Crippen LogP contribution is -2.08. The zero-order valence-corrected chi connectivity index (χ0v) is 18.8. The van der Waals surface area contributed by atoms with E-state index in [4.69, 9.17) is 5.11 Å². The van der Waals surface area contributed by atoms with Gasteiger partial charge >= 0.3 is 5.97 Å². The maximum Gasteiger partial charge on any atom is 0.306 e. The van der Waals surface area contributed by atoms with Crippen molar-refractivity contribution in [1.29, 1.82) is 0 Å². The van der Waals surface area contributed by atoms with Crippen molar-refractivity contribution in [3.63, 3.8) is 0 Å². The lowest BCUT2D eigenvalue weighted by atomic mass is 9.86. The van der Waals surface area contributed by atoms with Gasteiger partial charge in [0.25, 0.3) is 0 Å². The molecule has 0 rings (SSSR count).